The summed E-state index contributed by atoms with van der Waals surface area (Å²) in [6, 6.07) is 5.77. The minimum atomic E-state index is -0.604. The number of H-pyrrole nitrogens is 1. The Hall–Kier alpha value is -1.88. The topological polar surface area (TPSA) is 54.9 Å². The Morgan fingerprint density at radius 1 is 1.33 bits per heavy atom. The first-order valence-electron chi connectivity index (χ1n) is 5.33. The van der Waals surface area contributed by atoms with Gasteiger partial charge in [0.05, 0.1) is 5.56 Å². The van der Waals surface area contributed by atoms with E-state index in [0.29, 0.717) is 0 Å². The van der Waals surface area contributed by atoms with E-state index in [1.807, 2.05) is 0 Å². The molecule has 0 unspecified atom stereocenters. The maximum atomic E-state index is 13.7. The van der Waals surface area contributed by atoms with E-state index in [0.717, 1.165) is 4.57 Å². The van der Waals surface area contributed by atoms with Gasteiger partial charge in [0.15, 0.2) is 0 Å². The fourth-order valence-electron chi connectivity index (χ4n) is 1.73. The van der Waals surface area contributed by atoms with Crippen LogP contribution in [0.15, 0.2) is 33.9 Å². The third kappa shape index (κ3) is 1.97. The molecule has 0 aliphatic rings. The molecule has 1 heterocycles. The van der Waals surface area contributed by atoms with Crippen molar-refractivity contribution in [3.8, 4) is 11.1 Å². The van der Waals surface area contributed by atoms with Crippen molar-refractivity contribution < 1.29 is 4.39 Å². The highest BCUT2D eigenvalue weighted by Crippen LogP contribution is 2.23. The van der Waals surface area contributed by atoms with Crippen LogP contribution in [0.3, 0.4) is 0 Å². The summed E-state index contributed by atoms with van der Waals surface area (Å²) >= 11 is 5.83. The molecule has 1 N–H and O–H groups in total. The molecular weight excluding hydrogens is 259 g/mol. The Bertz CT molecular complexity index is 706. The molecule has 1 aromatic heterocycles. The van der Waals surface area contributed by atoms with Crippen LogP contribution in [0.1, 0.15) is 6.92 Å². The zero-order chi connectivity index (χ0) is 13.3. The average Bonchev–Trinajstić information content (AvgIpc) is 2.31. The van der Waals surface area contributed by atoms with Crippen molar-refractivity contribution in [1.82, 2.24) is 9.55 Å². The predicted octanol–water partition coefficient (Wildman–Crippen LogP) is 2.02. The second-order valence-corrected chi connectivity index (χ2v) is 4.03. The van der Waals surface area contributed by atoms with Crippen LogP contribution in [-0.2, 0) is 6.54 Å². The van der Waals surface area contributed by atoms with Crippen LogP contribution in [0.2, 0.25) is 5.15 Å². The van der Waals surface area contributed by atoms with Crippen molar-refractivity contribution >= 4 is 11.6 Å². The summed E-state index contributed by atoms with van der Waals surface area (Å²) in [6.07, 6.45) is 0. The molecule has 0 aliphatic heterocycles. The minimum absolute atomic E-state index is 0.0313. The van der Waals surface area contributed by atoms with Gasteiger partial charge in [0.25, 0.3) is 5.56 Å². The maximum absolute atomic E-state index is 13.7. The molecule has 0 atom stereocenters. The van der Waals surface area contributed by atoms with E-state index in [9.17, 15) is 14.0 Å². The Balaban J connectivity index is 2.85. The van der Waals surface area contributed by atoms with Crippen LogP contribution < -0.4 is 11.2 Å². The monoisotopic (exact) mass is 268 g/mol. The second kappa shape index (κ2) is 4.78. The number of nitrogens with one attached hydrogen (secondary N) is 1. The van der Waals surface area contributed by atoms with E-state index >= 15 is 0 Å². The SMILES string of the molecule is CCn1c(=O)[nH]c(Cl)c(-c2ccccc2F)c1=O. The molecule has 1 aromatic carbocycles. The van der Waals surface area contributed by atoms with Crippen LogP contribution in [0.5, 0.6) is 0 Å². The lowest BCUT2D eigenvalue weighted by molar-refractivity contribution is 0.628. The standard InChI is InChI=1S/C12H10ClFN2O2/c1-2-16-11(17)9(10(13)15-12(16)18)7-5-3-4-6-8(7)14/h3-6H,2H2,1H3,(H,15,18). The molecule has 0 amide bonds. The van der Waals surface area contributed by atoms with Crippen molar-refractivity contribution in [1.29, 1.82) is 0 Å². The normalized spacial score (nSPS) is 10.6. The number of aromatic nitrogens is 2. The van der Waals surface area contributed by atoms with Gasteiger partial charge in [-0.1, -0.05) is 29.8 Å². The largest absolute Gasteiger partial charge is 0.329 e. The third-order valence-electron chi connectivity index (χ3n) is 2.60. The predicted molar refractivity (Wildman–Crippen MR) is 67.4 cm³/mol. The molecule has 0 aliphatic carbocycles. The van der Waals surface area contributed by atoms with Gasteiger partial charge in [0.2, 0.25) is 0 Å². The van der Waals surface area contributed by atoms with Gasteiger partial charge in [0, 0.05) is 12.1 Å². The summed E-state index contributed by atoms with van der Waals surface area (Å²) in [5.74, 6) is -0.564. The summed E-state index contributed by atoms with van der Waals surface area (Å²) in [6.45, 7) is 1.84. The zero-order valence-electron chi connectivity index (χ0n) is 9.54. The van der Waals surface area contributed by atoms with Crippen LogP contribution in [0, 0.1) is 5.82 Å². The highest BCUT2D eigenvalue weighted by molar-refractivity contribution is 6.32. The van der Waals surface area contributed by atoms with Gasteiger partial charge in [-0.25, -0.2) is 9.18 Å². The maximum Gasteiger partial charge on any atom is 0.329 e. The highest BCUT2D eigenvalue weighted by Gasteiger charge is 2.16. The fraction of sp³-hybridized carbons (Fsp3) is 0.167. The van der Waals surface area contributed by atoms with Crippen molar-refractivity contribution in [3.63, 3.8) is 0 Å². The second-order valence-electron chi connectivity index (χ2n) is 3.65. The van der Waals surface area contributed by atoms with Crippen LogP contribution in [0.25, 0.3) is 11.1 Å². The molecule has 0 radical (unpaired) electrons. The molecule has 0 bridgehead atoms. The van der Waals surface area contributed by atoms with Gasteiger partial charge in [0.1, 0.15) is 11.0 Å². The number of rotatable bonds is 2. The van der Waals surface area contributed by atoms with Crippen molar-refractivity contribution in [2.75, 3.05) is 0 Å². The van der Waals surface area contributed by atoms with Crippen LogP contribution >= 0.6 is 11.6 Å². The van der Waals surface area contributed by atoms with E-state index in [4.69, 9.17) is 11.6 Å². The summed E-state index contributed by atoms with van der Waals surface area (Å²) in [5, 5.41) is -0.153. The van der Waals surface area contributed by atoms with Gasteiger partial charge in [-0.2, -0.15) is 0 Å². The number of benzene rings is 1. The van der Waals surface area contributed by atoms with Crippen molar-refractivity contribution in [3.05, 3.63) is 56.1 Å². The first-order valence-corrected chi connectivity index (χ1v) is 5.71. The Morgan fingerprint density at radius 3 is 2.61 bits per heavy atom. The highest BCUT2D eigenvalue weighted by atomic mass is 35.5. The first kappa shape index (κ1) is 12.6. The molecule has 6 heteroatoms. The quantitative estimate of drug-likeness (QED) is 0.847. The van der Waals surface area contributed by atoms with Gasteiger partial charge in [-0.05, 0) is 13.0 Å². The molecular formula is C12H10ClFN2O2. The molecule has 0 spiro atoms. The lowest BCUT2D eigenvalue weighted by Gasteiger charge is -2.08. The fourth-order valence-corrected chi connectivity index (χ4v) is 1.99. The Kier molecular flexibility index (Phi) is 3.34. The van der Waals surface area contributed by atoms with Crippen LogP contribution in [-0.4, -0.2) is 9.55 Å². The van der Waals surface area contributed by atoms with Gasteiger partial charge >= 0.3 is 5.69 Å². The molecule has 2 rings (SSSR count). The van der Waals surface area contributed by atoms with E-state index in [1.54, 1.807) is 13.0 Å². The summed E-state index contributed by atoms with van der Waals surface area (Å²) in [7, 11) is 0. The van der Waals surface area contributed by atoms with Crippen LogP contribution in [0.4, 0.5) is 4.39 Å². The van der Waals surface area contributed by atoms with E-state index in [2.05, 4.69) is 4.98 Å². The van der Waals surface area contributed by atoms with E-state index in [-0.39, 0.29) is 22.8 Å². The Morgan fingerprint density at radius 2 is 2.00 bits per heavy atom. The Labute approximate surface area is 107 Å². The summed E-state index contributed by atoms with van der Waals surface area (Å²) in [4.78, 5) is 25.9. The third-order valence-corrected chi connectivity index (χ3v) is 2.88. The van der Waals surface area contributed by atoms with Crippen molar-refractivity contribution in [2.24, 2.45) is 0 Å². The molecule has 94 valence electrons. The number of hydrogen-bond acceptors (Lipinski definition) is 2. The van der Waals surface area contributed by atoms with Gasteiger partial charge in [-0.15, -0.1) is 0 Å². The summed E-state index contributed by atoms with van der Waals surface area (Å²) in [5.41, 5.74) is -1.16. The first-order chi connectivity index (χ1) is 8.56. The molecule has 0 saturated carbocycles. The lowest BCUT2D eigenvalue weighted by Crippen LogP contribution is -2.35. The number of halogens is 2. The van der Waals surface area contributed by atoms with E-state index < -0.39 is 17.1 Å². The zero-order valence-corrected chi connectivity index (χ0v) is 10.3. The smallest absolute Gasteiger partial charge is 0.297 e. The molecule has 0 fully saturated rings. The average molecular weight is 269 g/mol. The van der Waals surface area contributed by atoms with Crippen molar-refractivity contribution in [2.45, 2.75) is 13.5 Å². The van der Waals surface area contributed by atoms with Gasteiger partial charge < -0.3 is 0 Å². The lowest BCUT2D eigenvalue weighted by atomic mass is 10.1. The molecule has 0 saturated heterocycles. The number of nitrogens with zero attached hydrogens (tertiary/aromatic N) is 1. The molecule has 4 nitrogen and oxygen atoms in total. The number of aromatic amines is 1. The summed E-state index contributed by atoms with van der Waals surface area (Å²) < 4.78 is 14.6. The van der Waals surface area contributed by atoms with E-state index in [1.165, 1.54) is 18.2 Å². The van der Waals surface area contributed by atoms with Gasteiger partial charge in [-0.3, -0.25) is 14.3 Å². The minimum Gasteiger partial charge on any atom is -0.297 e. The molecule has 2 aromatic rings. The number of hydrogen-bond donors (Lipinski definition) is 1. The molecule has 18 heavy (non-hydrogen) atoms.